The molecule has 2 N–H and O–H groups in total. The van der Waals surface area contributed by atoms with Crippen LogP contribution in [0.1, 0.15) is 6.92 Å². The largest absolute Gasteiger partial charge is 0.340 e. The smallest absolute Gasteiger partial charge is 0.221 e. The summed E-state index contributed by atoms with van der Waals surface area (Å²) in [6.45, 7) is 1.49. The van der Waals surface area contributed by atoms with Gasteiger partial charge in [-0.1, -0.05) is 46.3 Å². The molecule has 1 heterocycles. The summed E-state index contributed by atoms with van der Waals surface area (Å²) >= 11 is 3.52. The van der Waals surface area contributed by atoms with E-state index in [2.05, 4.69) is 26.6 Å². The van der Waals surface area contributed by atoms with E-state index in [0.717, 1.165) is 38.1 Å². The van der Waals surface area contributed by atoms with Crippen LogP contribution in [0.25, 0.3) is 22.3 Å². The molecule has 0 radical (unpaired) electrons. The van der Waals surface area contributed by atoms with Crippen LogP contribution in [0.2, 0.25) is 0 Å². The van der Waals surface area contributed by atoms with Gasteiger partial charge in [-0.05, 0) is 42.5 Å². The minimum atomic E-state index is -0.0974. The second-order valence-electron chi connectivity index (χ2n) is 6.31. The summed E-state index contributed by atoms with van der Waals surface area (Å²) in [7, 11) is 0. The molecule has 1 aromatic heterocycles. The minimum Gasteiger partial charge on any atom is -0.340 e. The number of halogens is 1. The van der Waals surface area contributed by atoms with E-state index in [0.29, 0.717) is 5.82 Å². The molecule has 4 rings (SSSR count). The number of hydrogen-bond acceptors (Lipinski definition) is 4. The molecule has 4 aromatic rings. The molecular weight excluding hydrogens is 416 g/mol. The Hall–Kier alpha value is -3.25. The highest BCUT2D eigenvalue weighted by atomic mass is 79.9. The summed E-state index contributed by atoms with van der Waals surface area (Å²) < 4.78 is 0.958. The maximum Gasteiger partial charge on any atom is 0.221 e. The van der Waals surface area contributed by atoms with Crippen molar-refractivity contribution in [2.24, 2.45) is 0 Å². The second kappa shape index (κ2) is 7.78. The fourth-order valence-electron chi connectivity index (χ4n) is 2.89. The van der Waals surface area contributed by atoms with Crippen molar-refractivity contribution in [3.05, 3.63) is 77.3 Å². The van der Waals surface area contributed by atoms with E-state index in [1.807, 2.05) is 72.8 Å². The third kappa shape index (κ3) is 4.02. The molecule has 0 fully saturated rings. The zero-order valence-corrected chi connectivity index (χ0v) is 16.7. The highest BCUT2D eigenvalue weighted by Gasteiger charge is 2.10. The second-order valence-corrected chi connectivity index (χ2v) is 7.22. The summed E-state index contributed by atoms with van der Waals surface area (Å²) in [5.41, 5.74) is 3.43. The van der Waals surface area contributed by atoms with Crippen LogP contribution in [0.3, 0.4) is 0 Å². The number of aromatic nitrogens is 2. The van der Waals surface area contributed by atoms with Gasteiger partial charge in [0.2, 0.25) is 5.91 Å². The molecule has 0 saturated heterocycles. The summed E-state index contributed by atoms with van der Waals surface area (Å²) in [4.78, 5) is 20.7. The zero-order chi connectivity index (χ0) is 19.5. The van der Waals surface area contributed by atoms with Gasteiger partial charge in [-0.2, -0.15) is 0 Å². The summed E-state index contributed by atoms with van der Waals surface area (Å²) in [5.74, 6) is 1.28. The van der Waals surface area contributed by atoms with Crippen molar-refractivity contribution < 1.29 is 4.79 Å². The maximum absolute atomic E-state index is 11.2. The molecule has 0 spiro atoms. The third-order valence-electron chi connectivity index (χ3n) is 4.16. The highest BCUT2D eigenvalue weighted by molar-refractivity contribution is 9.10. The standard InChI is InChI=1S/C22H17BrN4O/c1-14(28)24-17-8-10-18(11-9-17)25-22-19-13-16(23)7-12-20(19)26-21(27-22)15-5-3-2-4-6-15/h2-13H,1H3,(H,24,28)(H,25,26,27). The van der Waals surface area contributed by atoms with E-state index in [9.17, 15) is 4.79 Å². The van der Waals surface area contributed by atoms with Crippen LogP contribution in [0.5, 0.6) is 0 Å². The predicted molar refractivity (Wildman–Crippen MR) is 117 cm³/mol. The average Bonchev–Trinajstić information content (AvgIpc) is 2.70. The van der Waals surface area contributed by atoms with E-state index >= 15 is 0 Å². The number of fused-ring (bicyclic) bond motifs is 1. The Morgan fingerprint density at radius 2 is 1.61 bits per heavy atom. The van der Waals surface area contributed by atoms with Gasteiger partial charge in [0.15, 0.2) is 5.82 Å². The molecule has 0 bridgehead atoms. The summed E-state index contributed by atoms with van der Waals surface area (Å²) in [5, 5.41) is 7.06. The Morgan fingerprint density at radius 1 is 0.893 bits per heavy atom. The summed E-state index contributed by atoms with van der Waals surface area (Å²) in [6.07, 6.45) is 0. The SMILES string of the molecule is CC(=O)Nc1ccc(Nc2nc(-c3ccccc3)nc3ccc(Br)cc23)cc1. The van der Waals surface area contributed by atoms with Gasteiger partial charge in [-0.15, -0.1) is 0 Å². The first-order chi connectivity index (χ1) is 13.6. The molecule has 3 aromatic carbocycles. The van der Waals surface area contributed by atoms with Crippen molar-refractivity contribution in [2.75, 3.05) is 10.6 Å². The topological polar surface area (TPSA) is 66.9 Å². The molecule has 6 heteroatoms. The van der Waals surface area contributed by atoms with Crippen LogP contribution in [-0.2, 0) is 4.79 Å². The average molecular weight is 433 g/mol. The van der Waals surface area contributed by atoms with Gasteiger partial charge in [-0.25, -0.2) is 9.97 Å². The Morgan fingerprint density at radius 3 is 2.32 bits per heavy atom. The Labute approximate surface area is 171 Å². The number of carbonyl (C=O) groups is 1. The predicted octanol–water partition coefficient (Wildman–Crippen LogP) is 5.76. The molecule has 0 atom stereocenters. The maximum atomic E-state index is 11.2. The molecule has 28 heavy (non-hydrogen) atoms. The Kier molecular flexibility index (Phi) is 5.04. The molecular formula is C22H17BrN4O. The lowest BCUT2D eigenvalue weighted by molar-refractivity contribution is -0.114. The molecule has 138 valence electrons. The van der Waals surface area contributed by atoms with Gasteiger partial charge >= 0.3 is 0 Å². The lowest BCUT2D eigenvalue weighted by Crippen LogP contribution is -2.05. The molecule has 0 unspecified atom stereocenters. The van der Waals surface area contributed by atoms with Crippen LogP contribution in [0.4, 0.5) is 17.2 Å². The minimum absolute atomic E-state index is 0.0974. The van der Waals surface area contributed by atoms with Crippen LogP contribution >= 0.6 is 15.9 Å². The molecule has 1 amide bonds. The number of nitrogens with zero attached hydrogens (tertiary/aromatic N) is 2. The van der Waals surface area contributed by atoms with E-state index in [4.69, 9.17) is 9.97 Å². The zero-order valence-electron chi connectivity index (χ0n) is 15.1. The highest BCUT2D eigenvalue weighted by Crippen LogP contribution is 2.29. The number of rotatable bonds is 4. The molecule has 5 nitrogen and oxygen atoms in total. The first-order valence-corrected chi connectivity index (χ1v) is 9.55. The van der Waals surface area contributed by atoms with E-state index < -0.39 is 0 Å². The fourth-order valence-corrected chi connectivity index (χ4v) is 3.25. The van der Waals surface area contributed by atoms with Crippen molar-refractivity contribution in [2.45, 2.75) is 6.92 Å². The Bertz CT molecular complexity index is 1140. The monoisotopic (exact) mass is 432 g/mol. The number of nitrogens with one attached hydrogen (secondary N) is 2. The van der Waals surface area contributed by atoms with Gasteiger partial charge in [0.05, 0.1) is 5.52 Å². The van der Waals surface area contributed by atoms with Gasteiger partial charge in [-0.3, -0.25) is 4.79 Å². The van der Waals surface area contributed by atoms with Crippen molar-refractivity contribution in [3.63, 3.8) is 0 Å². The lowest BCUT2D eigenvalue weighted by atomic mass is 10.2. The molecule has 0 aliphatic rings. The quantitative estimate of drug-likeness (QED) is 0.429. The third-order valence-corrected chi connectivity index (χ3v) is 4.65. The van der Waals surface area contributed by atoms with Crippen molar-refractivity contribution >= 4 is 49.9 Å². The van der Waals surface area contributed by atoms with Crippen LogP contribution in [0, 0.1) is 0 Å². The molecule has 0 saturated carbocycles. The van der Waals surface area contributed by atoms with Crippen molar-refractivity contribution in [1.82, 2.24) is 9.97 Å². The van der Waals surface area contributed by atoms with Gasteiger partial charge < -0.3 is 10.6 Å². The fraction of sp³-hybridized carbons (Fsp3) is 0.0455. The lowest BCUT2D eigenvalue weighted by Gasteiger charge is -2.12. The Balaban J connectivity index is 1.76. The van der Waals surface area contributed by atoms with Crippen molar-refractivity contribution in [1.29, 1.82) is 0 Å². The first kappa shape index (κ1) is 18.1. The van der Waals surface area contributed by atoms with Crippen LogP contribution < -0.4 is 10.6 Å². The number of hydrogen-bond donors (Lipinski definition) is 2. The molecule has 0 aliphatic carbocycles. The van der Waals surface area contributed by atoms with Gasteiger partial charge in [0, 0.05) is 33.7 Å². The van der Waals surface area contributed by atoms with Crippen LogP contribution in [0.15, 0.2) is 77.3 Å². The van der Waals surface area contributed by atoms with E-state index in [1.165, 1.54) is 6.92 Å². The number of benzene rings is 3. The molecule has 0 aliphatic heterocycles. The van der Waals surface area contributed by atoms with Crippen LogP contribution in [-0.4, -0.2) is 15.9 Å². The normalized spacial score (nSPS) is 10.6. The number of amides is 1. The van der Waals surface area contributed by atoms with E-state index in [-0.39, 0.29) is 5.91 Å². The van der Waals surface area contributed by atoms with Gasteiger partial charge in [0.25, 0.3) is 0 Å². The van der Waals surface area contributed by atoms with Gasteiger partial charge in [0.1, 0.15) is 5.82 Å². The first-order valence-electron chi connectivity index (χ1n) is 8.76. The summed E-state index contributed by atoms with van der Waals surface area (Å²) in [6, 6.07) is 23.3. The number of anilines is 3. The van der Waals surface area contributed by atoms with Crippen molar-refractivity contribution in [3.8, 4) is 11.4 Å². The number of carbonyl (C=O) groups excluding carboxylic acids is 1. The van der Waals surface area contributed by atoms with E-state index in [1.54, 1.807) is 0 Å².